The highest BCUT2D eigenvalue weighted by Crippen LogP contribution is 2.30. The van der Waals surface area contributed by atoms with E-state index in [-0.39, 0.29) is 16.6 Å². The molecule has 11 heteroatoms. The monoisotopic (exact) mass is 329 g/mol. The third kappa shape index (κ3) is 2.68. The van der Waals surface area contributed by atoms with Crippen LogP contribution in [0, 0.1) is 0 Å². The SMILES string of the molecule is CN(C)c1nc2c(ncn2[C@@H]2O[C@H](CO)[C@@H](O)[C@H]2O)c(=O)[nH]1.O. The first-order chi connectivity index (χ1) is 10.4. The molecule has 0 spiro atoms. The van der Waals surface area contributed by atoms with Crippen molar-refractivity contribution in [2.24, 2.45) is 0 Å². The molecule has 1 saturated heterocycles. The Hall–Kier alpha value is -2.05. The van der Waals surface area contributed by atoms with E-state index in [4.69, 9.17) is 9.84 Å². The number of aliphatic hydroxyl groups excluding tert-OH is 3. The minimum atomic E-state index is -1.27. The molecule has 3 heterocycles. The second kappa shape index (κ2) is 6.22. The summed E-state index contributed by atoms with van der Waals surface area (Å²) in [7, 11) is 3.44. The fourth-order valence-corrected chi connectivity index (χ4v) is 2.42. The van der Waals surface area contributed by atoms with Crippen molar-refractivity contribution < 1.29 is 25.5 Å². The van der Waals surface area contributed by atoms with Crippen LogP contribution >= 0.6 is 0 Å². The van der Waals surface area contributed by atoms with Gasteiger partial charge in [-0.2, -0.15) is 4.98 Å². The highest BCUT2D eigenvalue weighted by Gasteiger charge is 2.44. The van der Waals surface area contributed by atoms with Crippen molar-refractivity contribution in [3.63, 3.8) is 0 Å². The van der Waals surface area contributed by atoms with Gasteiger partial charge < -0.3 is 30.4 Å². The van der Waals surface area contributed by atoms with E-state index < -0.39 is 36.7 Å². The van der Waals surface area contributed by atoms with Crippen LogP contribution in [0.5, 0.6) is 0 Å². The number of aromatic nitrogens is 4. The number of aromatic amines is 1. The third-order valence-corrected chi connectivity index (χ3v) is 3.63. The first kappa shape index (κ1) is 17.3. The highest BCUT2D eigenvalue weighted by atomic mass is 16.6. The van der Waals surface area contributed by atoms with Crippen LogP contribution in [0.15, 0.2) is 11.1 Å². The molecule has 1 aliphatic rings. The van der Waals surface area contributed by atoms with E-state index in [0.717, 1.165) is 0 Å². The normalized spacial score (nSPS) is 27.2. The summed E-state index contributed by atoms with van der Waals surface area (Å²) in [6.07, 6.45) is -3.08. The Morgan fingerprint density at radius 3 is 2.65 bits per heavy atom. The van der Waals surface area contributed by atoms with Crippen LogP contribution in [0.4, 0.5) is 5.95 Å². The minimum Gasteiger partial charge on any atom is -0.412 e. The van der Waals surface area contributed by atoms with Gasteiger partial charge in [-0.15, -0.1) is 0 Å². The maximum Gasteiger partial charge on any atom is 0.280 e. The summed E-state index contributed by atoms with van der Waals surface area (Å²) in [5.74, 6) is 0.325. The number of hydrogen-bond donors (Lipinski definition) is 4. The summed E-state index contributed by atoms with van der Waals surface area (Å²) >= 11 is 0. The number of ether oxygens (including phenoxy) is 1. The zero-order valence-electron chi connectivity index (χ0n) is 12.5. The molecule has 1 fully saturated rings. The average Bonchev–Trinajstić information content (AvgIpc) is 3.02. The van der Waals surface area contributed by atoms with Gasteiger partial charge in [0.2, 0.25) is 5.95 Å². The summed E-state index contributed by atoms with van der Waals surface area (Å²) in [6.45, 7) is -0.432. The maximum absolute atomic E-state index is 12.0. The minimum absolute atomic E-state index is 0. The Balaban J connectivity index is 0.00000192. The number of rotatable bonds is 3. The average molecular weight is 329 g/mol. The lowest BCUT2D eigenvalue weighted by Crippen LogP contribution is -2.33. The molecule has 0 amide bonds. The van der Waals surface area contributed by atoms with Crippen molar-refractivity contribution in [3.8, 4) is 0 Å². The predicted octanol–water partition coefficient (Wildman–Crippen LogP) is -3.03. The van der Waals surface area contributed by atoms with Crippen LogP contribution in [0.2, 0.25) is 0 Å². The first-order valence-corrected chi connectivity index (χ1v) is 6.70. The first-order valence-electron chi connectivity index (χ1n) is 6.70. The second-order valence-electron chi connectivity index (χ2n) is 5.34. The van der Waals surface area contributed by atoms with Gasteiger partial charge in [-0.3, -0.25) is 14.3 Å². The number of fused-ring (bicyclic) bond motifs is 1. The van der Waals surface area contributed by atoms with Gasteiger partial charge in [-0.25, -0.2) is 4.98 Å². The maximum atomic E-state index is 12.0. The Morgan fingerprint density at radius 2 is 2.09 bits per heavy atom. The lowest BCUT2D eigenvalue weighted by molar-refractivity contribution is -0.0511. The Kier molecular flexibility index (Phi) is 4.68. The van der Waals surface area contributed by atoms with E-state index in [1.54, 1.807) is 19.0 Å². The number of nitrogens with one attached hydrogen (secondary N) is 1. The van der Waals surface area contributed by atoms with Crippen LogP contribution in [-0.4, -0.2) is 79.3 Å². The van der Waals surface area contributed by atoms with E-state index in [2.05, 4.69) is 15.0 Å². The van der Waals surface area contributed by atoms with E-state index in [1.165, 1.54) is 10.9 Å². The fourth-order valence-electron chi connectivity index (χ4n) is 2.42. The molecule has 0 aliphatic carbocycles. The van der Waals surface area contributed by atoms with Crippen molar-refractivity contribution >= 4 is 17.1 Å². The zero-order chi connectivity index (χ0) is 16.0. The molecule has 0 radical (unpaired) electrons. The molecule has 0 saturated carbocycles. The molecule has 6 N–H and O–H groups in total. The van der Waals surface area contributed by atoms with Crippen molar-refractivity contribution in [2.45, 2.75) is 24.5 Å². The molecule has 3 rings (SSSR count). The van der Waals surface area contributed by atoms with Crippen LogP contribution in [0.25, 0.3) is 11.2 Å². The molecule has 2 aromatic rings. The van der Waals surface area contributed by atoms with Crippen molar-refractivity contribution in [3.05, 3.63) is 16.7 Å². The largest absolute Gasteiger partial charge is 0.412 e. The van der Waals surface area contributed by atoms with E-state index in [0.29, 0.717) is 5.95 Å². The number of nitrogens with zero attached hydrogens (tertiary/aromatic N) is 4. The van der Waals surface area contributed by atoms with Crippen LogP contribution in [-0.2, 0) is 4.74 Å². The molecule has 23 heavy (non-hydrogen) atoms. The Morgan fingerprint density at radius 1 is 1.39 bits per heavy atom. The molecular weight excluding hydrogens is 310 g/mol. The predicted molar refractivity (Wildman–Crippen MR) is 79.1 cm³/mol. The van der Waals surface area contributed by atoms with Gasteiger partial charge >= 0.3 is 0 Å². The van der Waals surface area contributed by atoms with Gasteiger partial charge in [0.25, 0.3) is 5.56 Å². The van der Waals surface area contributed by atoms with Gasteiger partial charge in [-0.1, -0.05) is 0 Å². The molecule has 4 atom stereocenters. The molecule has 0 unspecified atom stereocenters. The standard InChI is InChI=1S/C12H17N5O5.H2O/c1-16(2)12-14-9-6(10(21)15-12)13-4-17(9)11-8(20)7(19)5(3-18)22-11;/h4-5,7-8,11,18-20H,3H2,1-2H3,(H,14,15,21);1H2/t5-,7-,8-,11-;/m1./s1. The molecular formula is C12H19N5O6. The molecule has 1 aliphatic heterocycles. The van der Waals surface area contributed by atoms with Gasteiger partial charge in [0.1, 0.15) is 18.3 Å². The summed E-state index contributed by atoms with van der Waals surface area (Å²) in [5.41, 5.74) is -0.0928. The van der Waals surface area contributed by atoms with Gasteiger partial charge in [-0.05, 0) is 0 Å². The topological polar surface area (TPSA) is 168 Å². The van der Waals surface area contributed by atoms with Crippen molar-refractivity contribution in [1.29, 1.82) is 0 Å². The summed E-state index contributed by atoms with van der Waals surface area (Å²) in [4.78, 5) is 24.5. The molecule has 0 bridgehead atoms. The van der Waals surface area contributed by atoms with Crippen LogP contribution in [0.1, 0.15) is 6.23 Å². The molecule has 0 aromatic carbocycles. The van der Waals surface area contributed by atoms with Crippen molar-refractivity contribution in [1.82, 2.24) is 19.5 Å². The lowest BCUT2D eigenvalue weighted by Gasteiger charge is -2.17. The van der Waals surface area contributed by atoms with Crippen LogP contribution < -0.4 is 10.5 Å². The van der Waals surface area contributed by atoms with Gasteiger partial charge in [0.05, 0.1) is 12.9 Å². The molecule has 128 valence electrons. The van der Waals surface area contributed by atoms with Gasteiger partial charge in [0, 0.05) is 14.1 Å². The fraction of sp³-hybridized carbons (Fsp3) is 0.583. The number of anilines is 1. The number of H-pyrrole nitrogens is 1. The number of aliphatic hydroxyl groups is 3. The lowest BCUT2D eigenvalue weighted by atomic mass is 10.1. The quantitative estimate of drug-likeness (QED) is 0.461. The number of imidazole rings is 1. The summed E-state index contributed by atoms with van der Waals surface area (Å²) < 4.78 is 6.81. The van der Waals surface area contributed by atoms with Crippen molar-refractivity contribution in [2.75, 3.05) is 25.6 Å². The zero-order valence-corrected chi connectivity index (χ0v) is 12.5. The smallest absolute Gasteiger partial charge is 0.280 e. The summed E-state index contributed by atoms with van der Waals surface area (Å²) in [6, 6.07) is 0. The molecule has 11 nitrogen and oxygen atoms in total. The Labute approximate surface area is 130 Å². The Bertz CT molecular complexity index is 743. The number of hydrogen-bond acceptors (Lipinski definition) is 8. The van der Waals surface area contributed by atoms with Crippen LogP contribution in [0.3, 0.4) is 0 Å². The molecule has 2 aromatic heterocycles. The van der Waals surface area contributed by atoms with E-state index >= 15 is 0 Å². The van der Waals surface area contributed by atoms with E-state index in [1.807, 2.05) is 0 Å². The highest BCUT2D eigenvalue weighted by molar-refractivity contribution is 5.71. The van der Waals surface area contributed by atoms with E-state index in [9.17, 15) is 15.0 Å². The van der Waals surface area contributed by atoms with Gasteiger partial charge in [0.15, 0.2) is 17.4 Å². The third-order valence-electron chi connectivity index (χ3n) is 3.63. The summed E-state index contributed by atoms with van der Waals surface area (Å²) in [5, 5.41) is 29.1. The second-order valence-corrected chi connectivity index (χ2v) is 5.34.